The third kappa shape index (κ3) is 2.12. The van der Waals surface area contributed by atoms with Crippen molar-refractivity contribution in [3.8, 4) is 0 Å². The molecule has 1 rings (SSSR count). The topological polar surface area (TPSA) is 38.7 Å². The molecule has 0 unspecified atom stereocenters. The molecule has 0 atom stereocenters. The lowest BCUT2D eigenvalue weighted by atomic mass is 9.96. The second-order valence-electron chi connectivity index (χ2n) is 3.33. The van der Waals surface area contributed by atoms with Gasteiger partial charge in [-0.3, -0.25) is 0 Å². The number of hydrogen-bond donors (Lipinski definition) is 0. The van der Waals surface area contributed by atoms with Crippen LogP contribution in [0.2, 0.25) is 5.28 Å². The van der Waals surface area contributed by atoms with E-state index in [-0.39, 0.29) is 10.7 Å². The SMILES string of the molecule is CC(C)(C)c1ncnc(Cl)n1. The van der Waals surface area contributed by atoms with Crippen molar-refractivity contribution in [1.29, 1.82) is 0 Å². The molecule has 4 heteroatoms. The van der Waals surface area contributed by atoms with Gasteiger partial charge in [0, 0.05) is 5.41 Å². The van der Waals surface area contributed by atoms with Crippen LogP contribution in [0.1, 0.15) is 26.6 Å². The van der Waals surface area contributed by atoms with E-state index < -0.39 is 0 Å². The van der Waals surface area contributed by atoms with Crippen LogP contribution in [0.5, 0.6) is 0 Å². The van der Waals surface area contributed by atoms with E-state index in [1.54, 1.807) is 0 Å². The number of nitrogens with zero attached hydrogens (tertiary/aromatic N) is 3. The van der Waals surface area contributed by atoms with Crippen LogP contribution in [-0.4, -0.2) is 15.0 Å². The van der Waals surface area contributed by atoms with Crippen LogP contribution in [0.15, 0.2) is 6.33 Å². The van der Waals surface area contributed by atoms with E-state index in [1.807, 2.05) is 20.8 Å². The minimum Gasteiger partial charge on any atom is -0.221 e. The molecule has 0 saturated carbocycles. The minimum absolute atomic E-state index is 0.0629. The van der Waals surface area contributed by atoms with Crippen LogP contribution < -0.4 is 0 Å². The van der Waals surface area contributed by atoms with E-state index in [4.69, 9.17) is 11.6 Å². The van der Waals surface area contributed by atoms with E-state index in [2.05, 4.69) is 15.0 Å². The molecular weight excluding hydrogens is 162 g/mol. The van der Waals surface area contributed by atoms with Crippen LogP contribution >= 0.6 is 11.6 Å². The Labute approximate surface area is 70.9 Å². The van der Waals surface area contributed by atoms with Crippen molar-refractivity contribution in [2.24, 2.45) is 0 Å². The van der Waals surface area contributed by atoms with Crippen LogP contribution in [0.3, 0.4) is 0 Å². The van der Waals surface area contributed by atoms with Crippen molar-refractivity contribution in [2.45, 2.75) is 26.2 Å². The summed E-state index contributed by atoms with van der Waals surface area (Å²) in [6.45, 7) is 6.08. The molecule has 11 heavy (non-hydrogen) atoms. The molecule has 0 spiro atoms. The highest BCUT2D eigenvalue weighted by Gasteiger charge is 2.17. The normalized spacial score (nSPS) is 11.6. The molecule has 0 aromatic carbocycles. The first-order valence-corrected chi connectivity index (χ1v) is 3.73. The summed E-state index contributed by atoms with van der Waals surface area (Å²) in [4.78, 5) is 11.7. The van der Waals surface area contributed by atoms with Crippen molar-refractivity contribution in [3.05, 3.63) is 17.4 Å². The zero-order valence-corrected chi connectivity index (χ0v) is 7.55. The van der Waals surface area contributed by atoms with Gasteiger partial charge in [0.15, 0.2) is 0 Å². The Hall–Kier alpha value is -0.700. The number of rotatable bonds is 0. The van der Waals surface area contributed by atoms with E-state index >= 15 is 0 Å². The molecule has 0 saturated heterocycles. The molecule has 1 heterocycles. The van der Waals surface area contributed by atoms with Gasteiger partial charge in [0.25, 0.3) is 0 Å². The van der Waals surface area contributed by atoms with Gasteiger partial charge in [-0.2, -0.15) is 0 Å². The fraction of sp³-hybridized carbons (Fsp3) is 0.571. The van der Waals surface area contributed by atoms with Crippen molar-refractivity contribution < 1.29 is 0 Å². The maximum atomic E-state index is 5.59. The first-order chi connectivity index (χ1) is 5.00. The van der Waals surface area contributed by atoms with Crippen molar-refractivity contribution in [2.75, 3.05) is 0 Å². The molecule has 0 aliphatic rings. The first-order valence-electron chi connectivity index (χ1n) is 3.35. The summed E-state index contributed by atoms with van der Waals surface area (Å²) in [5, 5.41) is 0.255. The number of halogens is 1. The second kappa shape index (κ2) is 2.74. The van der Waals surface area contributed by atoms with Crippen LogP contribution in [-0.2, 0) is 5.41 Å². The lowest BCUT2D eigenvalue weighted by molar-refractivity contribution is 0.541. The second-order valence-corrected chi connectivity index (χ2v) is 3.67. The first kappa shape index (κ1) is 8.40. The maximum Gasteiger partial charge on any atom is 0.225 e. The third-order valence-electron chi connectivity index (χ3n) is 1.21. The summed E-state index contributed by atoms with van der Waals surface area (Å²) in [6.07, 6.45) is 1.43. The molecule has 0 fully saturated rings. The van der Waals surface area contributed by atoms with Gasteiger partial charge in [-0.15, -0.1) is 0 Å². The van der Waals surface area contributed by atoms with Crippen LogP contribution in [0.4, 0.5) is 0 Å². The lowest BCUT2D eigenvalue weighted by Crippen LogP contribution is -2.16. The molecule has 60 valence electrons. The van der Waals surface area contributed by atoms with Crippen molar-refractivity contribution in [3.63, 3.8) is 0 Å². The highest BCUT2D eigenvalue weighted by atomic mass is 35.5. The summed E-state index contributed by atoms with van der Waals surface area (Å²) in [6, 6.07) is 0. The zero-order chi connectivity index (χ0) is 8.48. The Bertz CT molecular complexity index is 254. The monoisotopic (exact) mass is 171 g/mol. The summed E-state index contributed by atoms with van der Waals surface area (Å²) in [5.41, 5.74) is -0.0629. The lowest BCUT2D eigenvalue weighted by Gasteiger charge is -2.14. The van der Waals surface area contributed by atoms with E-state index in [1.165, 1.54) is 6.33 Å². The van der Waals surface area contributed by atoms with Gasteiger partial charge < -0.3 is 0 Å². The molecule has 1 aromatic rings. The Balaban J connectivity index is 3.06. The minimum atomic E-state index is -0.0629. The van der Waals surface area contributed by atoms with Gasteiger partial charge in [0.2, 0.25) is 5.28 Å². The van der Waals surface area contributed by atoms with Crippen molar-refractivity contribution >= 4 is 11.6 Å². The quantitative estimate of drug-likeness (QED) is 0.598. The molecular formula is C7H10ClN3. The molecule has 0 radical (unpaired) electrons. The summed E-state index contributed by atoms with van der Waals surface area (Å²) in [7, 11) is 0. The predicted octanol–water partition coefficient (Wildman–Crippen LogP) is 1.82. The fourth-order valence-electron chi connectivity index (χ4n) is 0.638. The van der Waals surface area contributed by atoms with E-state index in [0.29, 0.717) is 0 Å². The Morgan fingerprint density at radius 2 is 1.91 bits per heavy atom. The molecule has 0 aliphatic heterocycles. The van der Waals surface area contributed by atoms with E-state index in [0.717, 1.165) is 5.82 Å². The predicted molar refractivity (Wildman–Crippen MR) is 43.5 cm³/mol. The molecule has 0 aliphatic carbocycles. The van der Waals surface area contributed by atoms with Crippen LogP contribution in [0.25, 0.3) is 0 Å². The Morgan fingerprint density at radius 3 is 2.27 bits per heavy atom. The highest BCUT2D eigenvalue weighted by Crippen LogP contribution is 2.17. The van der Waals surface area contributed by atoms with Gasteiger partial charge in [0.1, 0.15) is 12.2 Å². The summed E-state index contributed by atoms with van der Waals surface area (Å²) in [5.74, 6) is 0.720. The highest BCUT2D eigenvalue weighted by molar-refractivity contribution is 6.28. The fourth-order valence-corrected chi connectivity index (χ4v) is 0.761. The third-order valence-corrected chi connectivity index (χ3v) is 1.40. The zero-order valence-electron chi connectivity index (χ0n) is 6.80. The molecule has 0 N–H and O–H groups in total. The van der Waals surface area contributed by atoms with Gasteiger partial charge in [-0.1, -0.05) is 20.8 Å². The molecule has 1 aromatic heterocycles. The number of aromatic nitrogens is 3. The average molecular weight is 172 g/mol. The summed E-state index contributed by atoms with van der Waals surface area (Å²) >= 11 is 5.59. The molecule has 3 nitrogen and oxygen atoms in total. The maximum absolute atomic E-state index is 5.59. The summed E-state index contributed by atoms with van der Waals surface area (Å²) < 4.78 is 0. The molecule has 0 amide bonds. The number of hydrogen-bond acceptors (Lipinski definition) is 3. The Kier molecular flexibility index (Phi) is 2.09. The van der Waals surface area contributed by atoms with Gasteiger partial charge in [-0.25, -0.2) is 15.0 Å². The average Bonchev–Trinajstić information content (AvgIpc) is 1.86. The van der Waals surface area contributed by atoms with E-state index in [9.17, 15) is 0 Å². The smallest absolute Gasteiger partial charge is 0.221 e. The van der Waals surface area contributed by atoms with Crippen molar-refractivity contribution in [1.82, 2.24) is 15.0 Å². The van der Waals surface area contributed by atoms with Gasteiger partial charge in [0.05, 0.1) is 0 Å². The Morgan fingerprint density at radius 1 is 1.27 bits per heavy atom. The largest absolute Gasteiger partial charge is 0.225 e. The van der Waals surface area contributed by atoms with Gasteiger partial charge >= 0.3 is 0 Å². The van der Waals surface area contributed by atoms with Crippen LogP contribution in [0, 0.1) is 0 Å². The van der Waals surface area contributed by atoms with Gasteiger partial charge in [-0.05, 0) is 11.6 Å². The molecule has 0 bridgehead atoms. The standard InChI is InChI=1S/C7H10ClN3/c1-7(2,3)5-9-4-10-6(8)11-5/h4H,1-3H3.